The highest BCUT2D eigenvalue weighted by molar-refractivity contribution is 6.07. The van der Waals surface area contributed by atoms with Gasteiger partial charge in [-0.1, -0.05) is 36.8 Å². The first-order valence-corrected chi connectivity index (χ1v) is 11.1. The molecule has 2 aliphatic rings. The fourth-order valence-electron chi connectivity index (χ4n) is 4.78. The minimum atomic E-state index is -0.103. The molecule has 5 heteroatoms. The van der Waals surface area contributed by atoms with Gasteiger partial charge in [0.15, 0.2) is 0 Å². The van der Waals surface area contributed by atoms with Crippen LogP contribution >= 0.6 is 0 Å². The van der Waals surface area contributed by atoms with Crippen molar-refractivity contribution in [2.24, 2.45) is 0 Å². The molecule has 0 atom stereocenters. The maximum absolute atomic E-state index is 12.7. The molecule has 0 bridgehead atoms. The van der Waals surface area contributed by atoms with Gasteiger partial charge in [0.05, 0.1) is 25.7 Å². The zero-order valence-corrected chi connectivity index (χ0v) is 20.9. The first kappa shape index (κ1) is 23.8. The van der Waals surface area contributed by atoms with E-state index in [2.05, 4.69) is 31.5 Å². The number of ether oxygens (including phenoxy) is 1. The molecule has 1 aliphatic carbocycles. The maximum Gasteiger partial charge on any atom is 0.255 e. The Morgan fingerprint density at radius 3 is 2.48 bits per heavy atom. The van der Waals surface area contributed by atoms with Gasteiger partial charge in [0.1, 0.15) is 18.9 Å². The Bertz CT molecular complexity index is 944. The van der Waals surface area contributed by atoms with Crippen LogP contribution < -0.4 is 34.0 Å². The molecule has 31 heavy (non-hydrogen) atoms. The lowest BCUT2D eigenvalue weighted by molar-refractivity contribution is -0.929. The lowest BCUT2D eigenvalue weighted by Crippen LogP contribution is -3.00. The maximum atomic E-state index is 12.7. The quantitative estimate of drug-likeness (QED) is 0.475. The number of hydrogen-bond acceptors (Lipinski definition) is 2. The number of rotatable bonds is 5. The topological polar surface area (TPSA) is 38.3 Å². The minimum absolute atomic E-state index is 0. The SMILES string of the molecule is Cc1cccc2c1OCC(C(=O)Nc1ccc(C[N+](C)(C)C3CCCCC3)cc1)=C2.[I-]. The van der Waals surface area contributed by atoms with Crippen molar-refractivity contribution in [1.29, 1.82) is 0 Å². The molecule has 0 spiro atoms. The van der Waals surface area contributed by atoms with Gasteiger partial charge in [-0.3, -0.25) is 4.79 Å². The zero-order chi connectivity index (χ0) is 21.1. The van der Waals surface area contributed by atoms with Crippen LogP contribution in [0.25, 0.3) is 6.08 Å². The number of anilines is 1. The summed E-state index contributed by atoms with van der Waals surface area (Å²) >= 11 is 0. The molecular formula is C26H33IN2O2. The summed E-state index contributed by atoms with van der Waals surface area (Å²) in [7, 11) is 4.70. The van der Waals surface area contributed by atoms with Crippen LogP contribution in [0, 0.1) is 6.92 Å². The van der Waals surface area contributed by atoms with E-state index in [-0.39, 0.29) is 29.9 Å². The van der Waals surface area contributed by atoms with Crippen molar-refractivity contribution in [2.45, 2.75) is 51.6 Å². The molecule has 4 nitrogen and oxygen atoms in total. The molecule has 1 aliphatic heterocycles. The van der Waals surface area contributed by atoms with Gasteiger partial charge in [-0.25, -0.2) is 0 Å². The van der Waals surface area contributed by atoms with E-state index in [1.54, 1.807) is 0 Å². The highest BCUT2D eigenvalue weighted by atomic mass is 127. The van der Waals surface area contributed by atoms with Crippen LogP contribution in [-0.2, 0) is 11.3 Å². The van der Waals surface area contributed by atoms with Crippen molar-refractivity contribution in [2.75, 3.05) is 26.0 Å². The average Bonchev–Trinajstić information content (AvgIpc) is 2.75. The van der Waals surface area contributed by atoms with Gasteiger partial charge in [0, 0.05) is 16.8 Å². The number of carbonyl (C=O) groups excluding carboxylic acids is 1. The minimum Gasteiger partial charge on any atom is -1.00 e. The molecule has 166 valence electrons. The third-order valence-electron chi connectivity index (χ3n) is 6.60. The van der Waals surface area contributed by atoms with E-state index >= 15 is 0 Å². The summed E-state index contributed by atoms with van der Waals surface area (Å²) in [5.41, 5.74) is 4.83. The summed E-state index contributed by atoms with van der Waals surface area (Å²) in [6.07, 6.45) is 8.71. The normalized spacial score (nSPS) is 16.4. The second-order valence-electron chi connectivity index (χ2n) is 9.33. The van der Waals surface area contributed by atoms with Crippen molar-refractivity contribution in [3.05, 3.63) is 64.7 Å². The van der Waals surface area contributed by atoms with E-state index in [0.29, 0.717) is 12.2 Å². The van der Waals surface area contributed by atoms with E-state index in [0.717, 1.165) is 39.6 Å². The second kappa shape index (κ2) is 10.2. The standard InChI is InChI=1S/C26H32N2O2.HI/c1-19-8-7-9-21-16-22(18-30-25(19)21)26(29)27-23-14-12-20(13-15-23)17-28(2,3)24-10-5-4-6-11-24;/h7-9,12-16,24H,4-6,10-11,17-18H2,1-3H3;1H. The van der Waals surface area contributed by atoms with Crippen LogP contribution in [0.2, 0.25) is 0 Å². The molecule has 1 heterocycles. The molecule has 2 aromatic carbocycles. The van der Waals surface area contributed by atoms with E-state index < -0.39 is 0 Å². The van der Waals surface area contributed by atoms with Crippen molar-refractivity contribution in [3.63, 3.8) is 0 Å². The fourth-order valence-corrected chi connectivity index (χ4v) is 4.78. The van der Waals surface area contributed by atoms with Crippen molar-refractivity contribution in [3.8, 4) is 5.75 Å². The Balaban J connectivity index is 0.00000272. The highest BCUT2D eigenvalue weighted by Gasteiger charge is 2.29. The Morgan fingerprint density at radius 1 is 1.06 bits per heavy atom. The monoisotopic (exact) mass is 532 g/mol. The summed E-state index contributed by atoms with van der Waals surface area (Å²) in [6.45, 7) is 3.34. The van der Waals surface area contributed by atoms with Crippen LogP contribution in [0.15, 0.2) is 48.0 Å². The highest BCUT2D eigenvalue weighted by Crippen LogP contribution is 2.30. The predicted molar refractivity (Wildman–Crippen MR) is 122 cm³/mol. The Hall–Kier alpha value is -1.86. The first-order valence-electron chi connectivity index (χ1n) is 11.1. The van der Waals surface area contributed by atoms with Gasteiger partial charge < -0.3 is 38.5 Å². The number of fused-ring (bicyclic) bond motifs is 1. The number of nitrogens with one attached hydrogen (secondary N) is 1. The van der Waals surface area contributed by atoms with Crippen LogP contribution in [0.3, 0.4) is 0 Å². The smallest absolute Gasteiger partial charge is 0.255 e. The van der Waals surface area contributed by atoms with Crippen LogP contribution in [-0.4, -0.2) is 37.1 Å². The van der Waals surface area contributed by atoms with E-state index in [4.69, 9.17) is 4.74 Å². The molecule has 1 amide bonds. The molecule has 1 saturated carbocycles. The lowest BCUT2D eigenvalue weighted by Gasteiger charge is -2.40. The molecule has 0 aromatic heterocycles. The number of benzene rings is 2. The van der Waals surface area contributed by atoms with E-state index in [1.807, 2.05) is 43.3 Å². The number of amides is 1. The first-order chi connectivity index (χ1) is 14.4. The molecule has 0 radical (unpaired) electrons. The van der Waals surface area contributed by atoms with Crippen molar-refractivity contribution >= 4 is 17.7 Å². The van der Waals surface area contributed by atoms with Gasteiger partial charge in [-0.15, -0.1) is 0 Å². The molecule has 0 saturated heterocycles. The molecule has 2 aromatic rings. The van der Waals surface area contributed by atoms with Gasteiger partial charge in [-0.05, 0) is 56.4 Å². The summed E-state index contributed by atoms with van der Waals surface area (Å²) in [5.74, 6) is 0.769. The number of nitrogens with zero attached hydrogens (tertiary/aromatic N) is 1. The second-order valence-corrected chi connectivity index (χ2v) is 9.33. The number of quaternary nitrogens is 1. The number of carbonyl (C=O) groups is 1. The molecule has 1 fully saturated rings. The summed E-state index contributed by atoms with van der Waals surface area (Å²) in [5, 5.41) is 3.02. The van der Waals surface area contributed by atoms with Crippen LogP contribution in [0.5, 0.6) is 5.75 Å². The Labute approximate surface area is 203 Å². The van der Waals surface area contributed by atoms with Gasteiger partial charge in [0.25, 0.3) is 5.91 Å². The summed E-state index contributed by atoms with van der Waals surface area (Å²) in [4.78, 5) is 12.7. The van der Waals surface area contributed by atoms with Crippen LogP contribution in [0.4, 0.5) is 5.69 Å². The molecular weight excluding hydrogens is 499 g/mol. The molecule has 0 unspecified atom stereocenters. The van der Waals surface area contributed by atoms with Gasteiger partial charge in [0.2, 0.25) is 0 Å². The fraction of sp³-hybridized carbons (Fsp3) is 0.423. The van der Waals surface area contributed by atoms with Gasteiger partial charge >= 0.3 is 0 Å². The van der Waals surface area contributed by atoms with Gasteiger partial charge in [-0.2, -0.15) is 0 Å². The number of para-hydroxylation sites is 1. The largest absolute Gasteiger partial charge is 1.00 e. The third kappa shape index (κ3) is 5.69. The molecule has 4 rings (SSSR count). The third-order valence-corrected chi connectivity index (χ3v) is 6.60. The Kier molecular flexibility index (Phi) is 7.81. The molecule has 1 N–H and O–H groups in total. The van der Waals surface area contributed by atoms with Crippen molar-refractivity contribution < 1.29 is 38.0 Å². The number of hydrogen-bond donors (Lipinski definition) is 1. The van der Waals surface area contributed by atoms with E-state index in [1.165, 1.54) is 37.7 Å². The van der Waals surface area contributed by atoms with E-state index in [9.17, 15) is 4.79 Å². The summed E-state index contributed by atoms with van der Waals surface area (Å²) < 4.78 is 6.86. The average molecular weight is 532 g/mol. The number of halogens is 1. The van der Waals surface area contributed by atoms with Crippen LogP contribution in [0.1, 0.15) is 48.8 Å². The zero-order valence-electron chi connectivity index (χ0n) is 18.8. The number of aryl methyl sites for hydroxylation is 1. The lowest BCUT2D eigenvalue weighted by atomic mass is 9.92. The van der Waals surface area contributed by atoms with Crippen molar-refractivity contribution in [1.82, 2.24) is 0 Å². The Morgan fingerprint density at radius 2 is 1.77 bits per heavy atom. The summed E-state index contributed by atoms with van der Waals surface area (Å²) in [6, 6.07) is 15.0. The predicted octanol–water partition coefficient (Wildman–Crippen LogP) is 2.32.